The van der Waals surface area contributed by atoms with Crippen LogP contribution in [0.1, 0.15) is 32.1 Å². The monoisotopic (exact) mass is 210 g/mol. The smallest absolute Gasteiger partial charge is 0.303 e. The summed E-state index contributed by atoms with van der Waals surface area (Å²) in [6, 6.07) is 0. The number of carboxylic acid groups (broad SMARTS) is 1. The van der Waals surface area contributed by atoms with Gasteiger partial charge in [0.15, 0.2) is 0 Å². The first-order valence-electron chi connectivity index (χ1n) is 3.88. The fourth-order valence-corrected chi connectivity index (χ4v) is 0.811. The lowest BCUT2D eigenvalue weighted by molar-refractivity contribution is -0.137. The lowest BCUT2D eigenvalue weighted by Gasteiger charge is -1.98. The van der Waals surface area contributed by atoms with Crippen LogP contribution >= 0.6 is 12.4 Å². The number of hydrogen-bond acceptors (Lipinski definition) is 3. The van der Waals surface area contributed by atoms with E-state index < -0.39 is 5.97 Å². The molecule has 0 rings (SSSR count). The number of carbonyl (C=O) groups excluding carboxylic acids is 1. The predicted octanol–water partition coefficient (Wildman–Crippen LogP) is 0.433. The highest BCUT2D eigenvalue weighted by Gasteiger charge is 1.99. The number of amides is 1. The zero-order valence-corrected chi connectivity index (χ0v) is 8.10. The van der Waals surface area contributed by atoms with Gasteiger partial charge in [0, 0.05) is 12.8 Å². The SMILES string of the molecule is Cl.NNC(=O)CCCCCC(=O)O. The van der Waals surface area contributed by atoms with Crippen LogP contribution in [0.2, 0.25) is 0 Å². The van der Waals surface area contributed by atoms with Crippen LogP contribution in [0.3, 0.4) is 0 Å². The highest BCUT2D eigenvalue weighted by atomic mass is 35.5. The van der Waals surface area contributed by atoms with E-state index in [9.17, 15) is 9.59 Å². The number of hydrogen-bond donors (Lipinski definition) is 3. The average Bonchev–Trinajstić information content (AvgIpc) is 2.03. The molecule has 0 heterocycles. The van der Waals surface area contributed by atoms with Crippen LogP contribution in [-0.4, -0.2) is 17.0 Å². The molecule has 5 nitrogen and oxygen atoms in total. The summed E-state index contributed by atoms with van der Waals surface area (Å²) < 4.78 is 0. The van der Waals surface area contributed by atoms with Crippen molar-refractivity contribution in [1.82, 2.24) is 5.43 Å². The van der Waals surface area contributed by atoms with Crippen molar-refractivity contribution in [1.29, 1.82) is 0 Å². The Balaban J connectivity index is 0. The number of rotatable bonds is 6. The van der Waals surface area contributed by atoms with E-state index in [0.29, 0.717) is 19.3 Å². The Morgan fingerprint density at radius 3 is 2.15 bits per heavy atom. The van der Waals surface area contributed by atoms with Crippen LogP contribution in [0.15, 0.2) is 0 Å². The molecule has 0 atom stereocenters. The summed E-state index contributed by atoms with van der Waals surface area (Å²) in [5.41, 5.74) is 2.01. The van der Waals surface area contributed by atoms with Crippen molar-refractivity contribution in [3.05, 3.63) is 0 Å². The van der Waals surface area contributed by atoms with E-state index in [1.165, 1.54) is 0 Å². The van der Waals surface area contributed by atoms with Gasteiger partial charge in [0.05, 0.1) is 0 Å². The number of nitrogens with two attached hydrogens (primary N) is 1. The van der Waals surface area contributed by atoms with Gasteiger partial charge in [0.25, 0.3) is 0 Å². The van der Waals surface area contributed by atoms with Crippen molar-refractivity contribution in [2.24, 2.45) is 5.84 Å². The molecule has 13 heavy (non-hydrogen) atoms. The van der Waals surface area contributed by atoms with Crippen LogP contribution in [-0.2, 0) is 9.59 Å². The van der Waals surface area contributed by atoms with Crippen molar-refractivity contribution in [3.63, 3.8) is 0 Å². The number of hydrazine groups is 1. The molecular weight excluding hydrogens is 196 g/mol. The summed E-state index contributed by atoms with van der Waals surface area (Å²) in [5, 5.41) is 8.27. The summed E-state index contributed by atoms with van der Waals surface area (Å²) in [6.45, 7) is 0. The van der Waals surface area contributed by atoms with Gasteiger partial charge in [0.2, 0.25) is 5.91 Å². The summed E-state index contributed by atoms with van der Waals surface area (Å²) >= 11 is 0. The summed E-state index contributed by atoms with van der Waals surface area (Å²) in [5.74, 6) is 3.84. The Hall–Kier alpha value is -0.810. The van der Waals surface area contributed by atoms with Crippen LogP contribution in [0.4, 0.5) is 0 Å². The van der Waals surface area contributed by atoms with Crippen molar-refractivity contribution in [2.45, 2.75) is 32.1 Å². The molecule has 0 aromatic carbocycles. The maximum absolute atomic E-state index is 10.6. The lowest BCUT2D eigenvalue weighted by Crippen LogP contribution is -2.29. The average molecular weight is 211 g/mol. The van der Waals surface area contributed by atoms with Crippen LogP contribution < -0.4 is 11.3 Å². The van der Waals surface area contributed by atoms with E-state index >= 15 is 0 Å². The normalized spacial score (nSPS) is 8.69. The second-order valence-corrected chi connectivity index (χ2v) is 2.52. The van der Waals surface area contributed by atoms with Crippen LogP contribution in [0.5, 0.6) is 0 Å². The van der Waals surface area contributed by atoms with Gasteiger partial charge < -0.3 is 5.11 Å². The van der Waals surface area contributed by atoms with Gasteiger partial charge in [0.1, 0.15) is 0 Å². The minimum atomic E-state index is -0.793. The largest absolute Gasteiger partial charge is 0.481 e. The number of unbranched alkanes of at least 4 members (excludes halogenated alkanes) is 2. The molecule has 0 saturated heterocycles. The quantitative estimate of drug-likeness (QED) is 0.257. The Morgan fingerprint density at radius 1 is 1.15 bits per heavy atom. The maximum atomic E-state index is 10.6. The Kier molecular flexibility index (Phi) is 10.5. The molecule has 0 radical (unpaired) electrons. The molecule has 0 unspecified atom stereocenters. The van der Waals surface area contributed by atoms with Crippen molar-refractivity contribution in [2.75, 3.05) is 0 Å². The second-order valence-electron chi connectivity index (χ2n) is 2.52. The van der Waals surface area contributed by atoms with E-state index in [0.717, 1.165) is 6.42 Å². The lowest BCUT2D eigenvalue weighted by atomic mass is 10.1. The molecule has 0 fully saturated rings. The third-order valence-electron chi connectivity index (χ3n) is 1.46. The summed E-state index contributed by atoms with van der Waals surface area (Å²) in [6.07, 6.45) is 2.60. The maximum Gasteiger partial charge on any atom is 0.303 e. The van der Waals surface area contributed by atoms with Crippen molar-refractivity contribution >= 4 is 24.3 Å². The molecule has 0 aliphatic rings. The van der Waals surface area contributed by atoms with Crippen molar-refractivity contribution in [3.8, 4) is 0 Å². The first-order chi connectivity index (χ1) is 5.66. The van der Waals surface area contributed by atoms with Gasteiger partial charge in [-0.15, -0.1) is 12.4 Å². The van der Waals surface area contributed by atoms with Gasteiger partial charge in [-0.05, 0) is 12.8 Å². The van der Waals surface area contributed by atoms with E-state index in [-0.39, 0.29) is 24.7 Å². The molecular formula is C7H15ClN2O3. The van der Waals surface area contributed by atoms with Crippen LogP contribution in [0.25, 0.3) is 0 Å². The van der Waals surface area contributed by atoms with Crippen LogP contribution in [0, 0.1) is 0 Å². The molecule has 4 N–H and O–H groups in total. The van der Waals surface area contributed by atoms with E-state index in [2.05, 4.69) is 0 Å². The van der Waals surface area contributed by atoms with E-state index in [1.807, 2.05) is 5.43 Å². The van der Waals surface area contributed by atoms with E-state index in [1.54, 1.807) is 0 Å². The first kappa shape index (κ1) is 14.7. The van der Waals surface area contributed by atoms with Gasteiger partial charge in [-0.2, -0.15) is 0 Å². The zero-order valence-electron chi connectivity index (χ0n) is 7.28. The number of halogens is 1. The molecule has 0 aliphatic carbocycles. The first-order valence-corrected chi connectivity index (χ1v) is 3.88. The minimum absolute atomic E-state index is 0. The highest BCUT2D eigenvalue weighted by Crippen LogP contribution is 2.02. The number of carbonyl (C=O) groups is 2. The molecule has 0 saturated carbocycles. The van der Waals surface area contributed by atoms with Gasteiger partial charge in [-0.1, -0.05) is 6.42 Å². The molecule has 0 spiro atoms. The standard InChI is InChI=1S/C7H14N2O3.ClH/c8-9-6(10)4-2-1-3-5-7(11)12;/h1-5,8H2,(H,9,10)(H,11,12);1H. The molecule has 0 bridgehead atoms. The van der Waals surface area contributed by atoms with Gasteiger partial charge >= 0.3 is 5.97 Å². The fraction of sp³-hybridized carbons (Fsp3) is 0.714. The molecule has 0 aromatic heterocycles. The van der Waals surface area contributed by atoms with Gasteiger partial charge in [-0.3, -0.25) is 15.0 Å². The topological polar surface area (TPSA) is 92.4 Å². The Morgan fingerprint density at radius 2 is 1.69 bits per heavy atom. The van der Waals surface area contributed by atoms with E-state index in [4.69, 9.17) is 10.9 Å². The molecule has 6 heteroatoms. The molecule has 0 aliphatic heterocycles. The Labute approximate surface area is 83.1 Å². The number of nitrogens with one attached hydrogen (secondary N) is 1. The molecule has 1 amide bonds. The van der Waals surface area contributed by atoms with Crippen molar-refractivity contribution < 1.29 is 14.7 Å². The predicted molar refractivity (Wildman–Crippen MR) is 50.3 cm³/mol. The highest BCUT2D eigenvalue weighted by molar-refractivity contribution is 5.85. The fourth-order valence-electron chi connectivity index (χ4n) is 0.811. The number of carboxylic acids is 1. The third-order valence-corrected chi connectivity index (χ3v) is 1.46. The number of aliphatic carboxylic acids is 1. The molecule has 0 aromatic rings. The minimum Gasteiger partial charge on any atom is -0.481 e. The summed E-state index contributed by atoms with van der Waals surface area (Å²) in [4.78, 5) is 20.6. The van der Waals surface area contributed by atoms with Gasteiger partial charge in [-0.25, -0.2) is 5.84 Å². The second kappa shape index (κ2) is 9.28. The molecule has 78 valence electrons. The summed E-state index contributed by atoms with van der Waals surface area (Å²) in [7, 11) is 0. The zero-order chi connectivity index (χ0) is 9.40. The Bertz CT molecular complexity index is 164. The third kappa shape index (κ3) is 11.2.